The van der Waals surface area contributed by atoms with Gasteiger partial charge in [-0.3, -0.25) is 0 Å². The predicted molar refractivity (Wildman–Crippen MR) is 66.1 cm³/mol. The van der Waals surface area contributed by atoms with Crippen LogP contribution in [0.25, 0.3) is 0 Å². The molecule has 3 N–H and O–H groups in total. The molecule has 90 valence electrons. The third-order valence-corrected chi connectivity index (χ3v) is 3.35. The highest BCUT2D eigenvalue weighted by Gasteiger charge is 2.11. The van der Waals surface area contributed by atoms with Gasteiger partial charge in [0.15, 0.2) is 5.88 Å². The number of rotatable bonds is 3. The molecule has 3 nitrogen and oxygen atoms in total. The van der Waals surface area contributed by atoms with E-state index in [2.05, 4.69) is 5.32 Å². The van der Waals surface area contributed by atoms with E-state index in [0.717, 1.165) is 12.3 Å². The molecule has 0 aromatic carbocycles. The summed E-state index contributed by atoms with van der Waals surface area (Å²) in [4.78, 5) is 0. The number of nitrogens with one attached hydrogen (secondary N) is 1. The summed E-state index contributed by atoms with van der Waals surface area (Å²) >= 11 is 0. The molecule has 0 saturated heterocycles. The lowest BCUT2D eigenvalue weighted by Gasteiger charge is -2.20. The maximum Gasteiger partial charge on any atom is 0.190 e. The summed E-state index contributed by atoms with van der Waals surface area (Å²) in [7, 11) is 0. The third-order valence-electron chi connectivity index (χ3n) is 3.35. The van der Waals surface area contributed by atoms with Gasteiger partial charge in [0.05, 0.1) is 6.54 Å². The average Bonchev–Trinajstić information content (AvgIpc) is 2.63. The molecule has 0 aliphatic heterocycles. The molecule has 0 atom stereocenters. The number of anilines is 1. The summed E-state index contributed by atoms with van der Waals surface area (Å²) in [6.07, 6.45) is 9.53. The molecule has 1 aliphatic carbocycles. The van der Waals surface area contributed by atoms with E-state index in [1.54, 1.807) is 0 Å². The van der Waals surface area contributed by atoms with Gasteiger partial charge < -0.3 is 15.5 Å². The van der Waals surface area contributed by atoms with Gasteiger partial charge in [0.1, 0.15) is 5.76 Å². The highest BCUT2D eigenvalue weighted by Crippen LogP contribution is 2.18. The van der Waals surface area contributed by atoms with Gasteiger partial charge >= 0.3 is 0 Å². The van der Waals surface area contributed by atoms with Crippen molar-refractivity contribution in [3.05, 3.63) is 17.9 Å². The van der Waals surface area contributed by atoms with Crippen LogP contribution in [0.2, 0.25) is 0 Å². The van der Waals surface area contributed by atoms with Gasteiger partial charge in [-0.25, -0.2) is 0 Å². The Bertz CT molecular complexity index is 301. The fourth-order valence-corrected chi connectivity index (χ4v) is 2.39. The van der Waals surface area contributed by atoms with E-state index in [0.29, 0.717) is 11.9 Å². The summed E-state index contributed by atoms with van der Waals surface area (Å²) in [6, 6.07) is 4.42. The highest BCUT2D eigenvalue weighted by atomic mass is 16.4. The van der Waals surface area contributed by atoms with Gasteiger partial charge in [-0.2, -0.15) is 0 Å². The number of nitrogens with two attached hydrogens (primary N) is 1. The van der Waals surface area contributed by atoms with Crippen LogP contribution in [0.1, 0.15) is 50.7 Å². The number of hydrogen-bond donors (Lipinski definition) is 2. The van der Waals surface area contributed by atoms with E-state index in [4.69, 9.17) is 10.2 Å². The Kier molecular flexibility index (Phi) is 4.28. The fourth-order valence-electron chi connectivity index (χ4n) is 2.39. The predicted octanol–water partition coefficient (Wildman–Crippen LogP) is 3.06. The molecule has 0 unspecified atom stereocenters. The topological polar surface area (TPSA) is 51.2 Å². The molecule has 0 spiro atoms. The lowest BCUT2D eigenvalue weighted by atomic mass is 9.97. The summed E-state index contributed by atoms with van der Waals surface area (Å²) in [5, 5.41) is 3.57. The van der Waals surface area contributed by atoms with Gasteiger partial charge in [0, 0.05) is 12.1 Å². The van der Waals surface area contributed by atoms with Crippen LogP contribution in [0.15, 0.2) is 16.5 Å². The van der Waals surface area contributed by atoms with Crippen LogP contribution < -0.4 is 11.1 Å². The average molecular weight is 222 g/mol. The Labute approximate surface area is 97.4 Å². The zero-order chi connectivity index (χ0) is 11.2. The Morgan fingerprint density at radius 2 is 1.81 bits per heavy atom. The third kappa shape index (κ3) is 3.56. The molecule has 1 fully saturated rings. The molecular weight excluding hydrogens is 200 g/mol. The minimum Gasteiger partial charge on any atom is -0.445 e. The maximum absolute atomic E-state index is 5.54. The normalized spacial score (nSPS) is 19.2. The Morgan fingerprint density at radius 3 is 2.44 bits per heavy atom. The standard InChI is InChI=1S/C13H22N2O/c14-13-9-8-12(16-13)10-15-11-6-4-2-1-3-5-7-11/h8-9,11,15H,1-7,10,14H2. The zero-order valence-corrected chi connectivity index (χ0v) is 9.87. The first-order valence-corrected chi connectivity index (χ1v) is 6.42. The smallest absolute Gasteiger partial charge is 0.190 e. The molecule has 1 aromatic rings. The Balaban J connectivity index is 1.75. The van der Waals surface area contributed by atoms with Gasteiger partial charge in [0.25, 0.3) is 0 Å². The van der Waals surface area contributed by atoms with Crippen LogP contribution >= 0.6 is 0 Å². The summed E-state index contributed by atoms with van der Waals surface area (Å²) in [6.45, 7) is 0.807. The lowest BCUT2D eigenvalue weighted by Crippen LogP contribution is -2.29. The summed E-state index contributed by atoms with van der Waals surface area (Å²) in [5.41, 5.74) is 5.54. The van der Waals surface area contributed by atoms with E-state index in [-0.39, 0.29) is 0 Å². The second-order valence-electron chi connectivity index (χ2n) is 4.73. The minimum absolute atomic E-state index is 0.509. The molecule has 0 bridgehead atoms. The molecule has 1 heterocycles. The number of hydrogen-bond acceptors (Lipinski definition) is 3. The molecule has 2 rings (SSSR count). The van der Waals surface area contributed by atoms with Crippen molar-refractivity contribution >= 4 is 5.88 Å². The monoisotopic (exact) mass is 222 g/mol. The first-order chi connectivity index (χ1) is 7.84. The van der Waals surface area contributed by atoms with Crippen LogP contribution in [0.5, 0.6) is 0 Å². The van der Waals surface area contributed by atoms with Crippen molar-refractivity contribution in [3.63, 3.8) is 0 Å². The molecule has 3 heteroatoms. The second-order valence-corrected chi connectivity index (χ2v) is 4.73. The van der Waals surface area contributed by atoms with Crippen molar-refractivity contribution in [1.29, 1.82) is 0 Å². The fraction of sp³-hybridized carbons (Fsp3) is 0.692. The molecule has 0 amide bonds. The van der Waals surface area contributed by atoms with Crippen molar-refractivity contribution in [3.8, 4) is 0 Å². The van der Waals surface area contributed by atoms with E-state index in [1.807, 2.05) is 12.1 Å². The lowest BCUT2D eigenvalue weighted by molar-refractivity contribution is 0.373. The summed E-state index contributed by atoms with van der Waals surface area (Å²) in [5.74, 6) is 1.45. The van der Waals surface area contributed by atoms with E-state index < -0.39 is 0 Å². The van der Waals surface area contributed by atoms with Gasteiger partial charge in [0.2, 0.25) is 0 Å². The first kappa shape index (κ1) is 11.5. The van der Waals surface area contributed by atoms with Crippen LogP contribution in [0.4, 0.5) is 5.88 Å². The quantitative estimate of drug-likeness (QED) is 0.826. The highest BCUT2D eigenvalue weighted by molar-refractivity contribution is 5.25. The molecule has 1 aliphatic rings. The van der Waals surface area contributed by atoms with Crippen molar-refractivity contribution in [2.45, 2.75) is 57.5 Å². The zero-order valence-electron chi connectivity index (χ0n) is 9.87. The first-order valence-electron chi connectivity index (χ1n) is 6.42. The molecule has 1 saturated carbocycles. The van der Waals surface area contributed by atoms with Gasteiger partial charge in [-0.1, -0.05) is 32.1 Å². The second kappa shape index (κ2) is 5.94. The molecule has 0 radical (unpaired) electrons. The maximum atomic E-state index is 5.54. The van der Waals surface area contributed by atoms with Crippen LogP contribution in [0.3, 0.4) is 0 Å². The SMILES string of the molecule is Nc1ccc(CNC2CCCCCCC2)o1. The Hall–Kier alpha value is -0.960. The largest absolute Gasteiger partial charge is 0.445 e. The Morgan fingerprint density at radius 1 is 1.12 bits per heavy atom. The van der Waals surface area contributed by atoms with Crippen molar-refractivity contribution in [1.82, 2.24) is 5.32 Å². The van der Waals surface area contributed by atoms with Gasteiger partial charge in [-0.05, 0) is 18.9 Å². The van der Waals surface area contributed by atoms with E-state index in [9.17, 15) is 0 Å². The molecular formula is C13H22N2O. The van der Waals surface area contributed by atoms with E-state index >= 15 is 0 Å². The minimum atomic E-state index is 0.509. The molecule has 1 aromatic heterocycles. The summed E-state index contributed by atoms with van der Waals surface area (Å²) < 4.78 is 5.35. The number of furan rings is 1. The van der Waals surface area contributed by atoms with Crippen molar-refractivity contribution in [2.75, 3.05) is 5.73 Å². The van der Waals surface area contributed by atoms with Gasteiger partial charge in [-0.15, -0.1) is 0 Å². The van der Waals surface area contributed by atoms with Crippen LogP contribution in [-0.2, 0) is 6.54 Å². The molecule has 16 heavy (non-hydrogen) atoms. The van der Waals surface area contributed by atoms with Crippen molar-refractivity contribution in [2.24, 2.45) is 0 Å². The van der Waals surface area contributed by atoms with Crippen molar-refractivity contribution < 1.29 is 4.42 Å². The van der Waals surface area contributed by atoms with Crippen LogP contribution in [-0.4, -0.2) is 6.04 Å². The van der Waals surface area contributed by atoms with E-state index in [1.165, 1.54) is 44.9 Å². The van der Waals surface area contributed by atoms with Crippen LogP contribution in [0, 0.1) is 0 Å². The number of nitrogen functional groups attached to an aromatic ring is 1.